The highest BCUT2D eigenvalue weighted by Crippen LogP contribution is 2.34. The number of hydrogen-bond acceptors (Lipinski definition) is 5. The van der Waals surface area contributed by atoms with Crippen molar-refractivity contribution < 1.29 is 19.1 Å². The molecule has 2 rings (SSSR count). The van der Waals surface area contributed by atoms with Crippen molar-refractivity contribution in [1.29, 1.82) is 0 Å². The molecule has 1 aromatic carbocycles. The third-order valence-electron chi connectivity index (χ3n) is 4.30. The molecule has 1 aromatic heterocycles. The maximum absolute atomic E-state index is 12.7. The van der Waals surface area contributed by atoms with E-state index in [0.29, 0.717) is 21.0 Å². The number of carbonyl (C=O) groups is 3. The summed E-state index contributed by atoms with van der Waals surface area (Å²) >= 11 is 1.04. The molecule has 7 heteroatoms. The van der Waals surface area contributed by atoms with Crippen molar-refractivity contribution in [1.82, 2.24) is 5.32 Å². The van der Waals surface area contributed by atoms with E-state index in [9.17, 15) is 14.4 Å². The fourth-order valence-corrected chi connectivity index (χ4v) is 3.78. The zero-order valence-corrected chi connectivity index (χ0v) is 17.9. The molecule has 0 saturated carbocycles. The SMILES string of the molecule is CCOC(=O)c1sc(NC(=O)c2ccc(C(C)(C)C)cc2)c(C(=O)NC)c1C. The summed E-state index contributed by atoms with van der Waals surface area (Å²) in [6.07, 6.45) is 0. The topological polar surface area (TPSA) is 84.5 Å². The molecular formula is C21H26N2O4S. The first kappa shape index (κ1) is 21.6. The number of esters is 1. The van der Waals surface area contributed by atoms with E-state index in [-0.39, 0.29) is 29.4 Å². The molecule has 0 bridgehead atoms. The van der Waals surface area contributed by atoms with Crippen LogP contribution in [-0.4, -0.2) is 31.4 Å². The molecule has 0 radical (unpaired) electrons. The van der Waals surface area contributed by atoms with Gasteiger partial charge in [0.2, 0.25) is 0 Å². The third kappa shape index (κ3) is 4.59. The van der Waals surface area contributed by atoms with Crippen molar-refractivity contribution in [2.24, 2.45) is 0 Å². The van der Waals surface area contributed by atoms with Crippen LogP contribution < -0.4 is 10.6 Å². The summed E-state index contributed by atoms with van der Waals surface area (Å²) in [5.41, 5.74) is 2.34. The number of ether oxygens (including phenoxy) is 1. The van der Waals surface area contributed by atoms with Gasteiger partial charge in [0.1, 0.15) is 9.88 Å². The van der Waals surface area contributed by atoms with Crippen molar-refractivity contribution >= 4 is 34.1 Å². The van der Waals surface area contributed by atoms with Crippen LogP contribution in [0.1, 0.15) is 69.2 Å². The maximum Gasteiger partial charge on any atom is 0.348 e. The van der Waals surface area contributed by atoms with Gasteiger partial charge in [0.15, 0.2) is 0 Å². The van der Waals surface area contributed by atoms with Crippen molar-refractivity contribution in [3.05, 3.63) is 51.4 Å². The van der Waals surface area contributed by atoms with Gasteiger partial charge in [0.25, 0.3) is 11.8 Å². The van der Waals surface area contributed by atoms with E-state index in [1.807, 2.05) is 12.1 Å². The molecule has 0 atom stereocenters. The second-order valence-corrected chi connectivity index (χ2v) is 8.36. The highest BCUT2D eigenvalue weighted by molar-refractivity contribution is 7.18. The lowest BCUT2D eigenvalue weighted by atomic mass is 9.87. The maximum atomic E-state index is 12.7. The van der Waals surface area contributed by atoms with E-state index in [1.165, 1.54) is 7.05 Å². The largest absolute Gasteiger partial charge is 0.462 e. The first-order chi connectivity index (χ1) is 13.1. The van der Waals surface area contributed by atoms with Crippen LogP contribution in [0.4, 0.5) is 5.00 Å². The van der Waals surface area contributed by atoms with E-state index >= 15 is 0 Å². The number of hydrogen-bond donors (Lipinski definition) is 2. The Balaban J connectivity index is 2.36. The molecule has 28 heavy (non-hydrogen) atoms. The van der Waals surface area contributed by atoms with Crippen LogP contribution >= 0.6 is 11.3 Å². The summed E-state index contributed by atoms with van der Waals surface area (Å²) in [5, 5.41) is 5.64. The van der Waals surface area contributed by atoms with E-state index in [1.54, 1.807) is 26.0 Å². The summed E-state index contributed by atoms with van der Waals surface area (Å²) in [5.74, 6) is -1.23. The third-order valence-corrected chi connectivity index (χ3v) is 5.49. The zero-order chi connectivity index (χ0) is 21.1. The highest BCUT2D eigenvalue weighted by Gasteiger charge is 2.26. The van der Waals surface area contributed by atoms with Crippen LogP contribution in [0.5, 0.6) is 0 Å². The average molecular weight is 403 g/mol. The molecule has 0 spiro atoms. The predicted octanol–water partition coefficient (Wildman–Crippen LogP) is 4.14. The van der Waals surface area contributed by atoms with Gasteiger partial charge in [-0.15, -0.1) is 11.3 Å². The van der Waals surface area contributed by atoms with Gasteiger partial charge in [-0.2, -0.15) is 0 Å². The number of carbonyl (C=O) groups excluding carboxylic acids is 3. The smallest absolute Gasteiger partial charge is 0.348 e. The van der Waals surface area contributed by atoms with Crippen LogP contribution in [0.15, 0.2) is 24.3 Å². The Labute approximate surface area is 169 Å². The van der Waals surface area contributed by atoms with Gasteiger partial charge in [-0.25, -0.2) is 4.79 Å². The molecule has 150 valence electrons. The summed E-state index contributed by atoms with van der Waals surface area (Å²) in [7, 11) is 1.50. The van der Waals surface area contributed by atoms with E-state index in [4.69, 9.17) is 4.74 Å². The quantitative estimate of drug-likeness (QED) is 0.736. The minimum atomic E-state index is -0.509. The first-order valence-corrected chi connectivity index (χ1v) is 9.86. The number of benzene rings is 1. The lowest BCUT2D eigenvalue weighted by molar-refractivity contribution is 0.0531. The van der Waals surface area contributed by atoms with Crippen LogP contribution in [0.3, 0.4) is 0 Å². The summed E-state index contributed by atoms with van der Waals surface area (Å²) in [4.78, 5) is 37.5. The molecule has 0 aliphatic heterocycles. The number of nitrogens with one attached hydrogen (secondary N) is 2. The number of thiophene rings is 1. The van der Waals surface area contributed by atoms with Crippen molar-refractivity contribution in [2.45, 2.75) is 40.0 Å². The van der Waals surface area contributed by atoms with Gasteiger partial charge < -0.3 is 15.4 Å². The van der Waals surface area contributed by atoms with Gasteiger partial charge in [0.05, 0.1) is 12.2 Å². The number of amides is 2. The van der Waals surface area contributed by atoms with E-state index < -0.39 is 5.97 Å². The molecule has 2 aromatic rings. The van der Waals surface area contributed by atoms with Gasteiger partial charge in [0, 0.05) is 12.6 Å². The Bertz CT molecular complexity index is 892. The van der Waals surface area contributed by atoms with Crippen molar-refractivity contribution in [2.75, 3.05) is 19.0 Å². The minimum absolute atomic E-state index is 0.0131. The Morgan fingerprint density at radius 2 is 1.68 bits per heavy atom. The Morgan fingerprint density at radius 1 is 1.07 bits per heavy atom. The first-order valence-electron chi connectivity index (χ1n) is 9.04. The molecule has 2 amide bonds. The molecule has 0 unspecified atom stereocenters. The second-order valence-electron chi connectivity index (χ2n) is 7.34. The molecule has 6 nitrogen and oxygen atoms in total. The molecular weight excluding hydrogens is 376 g/mol. The molecule has 0 fully saturated rings. The number of rotatable bonds is 5. The van der Waals surface area contributed by atoms with Crippen molar-refractivity contribution in [3.63, 3.8) is 0 Å². The van der Waals surface area contributed by atoms with Crippen LogP contribution in [0, 0.1) is 6.92 Å². The van der Waals surface area contributed by atoms with Gasteiger partial charge in [-0.3, -0.25) is 9.59 Å². The Hall–Kier alpha value is -2.67. The molecule has 0 saturated heterocycles. The summed E-state index contributed by atoms with van der Waals surface area (Å²) < 4.78 is 5.05. The fraction of sp³-hybridized carbons (Fsp3) is 0.381. The molecule has 0 aliphatic carbocycles. The number of anilines is 1. The predicted molar refractivity (Wildman–Crippen MR) is 111 cm³/mol. The van der Waals surface area contributed by atoms with Crippen LogP contribution in [-0.2, 0) is 10.2 Å². The van der Waals surface area contributed by atoms with Gasteiger partial charge >= 0.3 is 5.97 Å². The molecule has 0 aliphatic rings. The lowest BCUT2D eigenvalue weighted by Gasteiger charge is -2.19. The highest BCUT2D eigenvalue weighted by atomic mass is 32.1. The Kier molecular flexibility index (Phi) is 6.61. The second kappa shape index (κ2) is 8.56. The van der Waals surface area contributed by atoms with E-state index in [2.05, 4.69) is 31.4 Å². The van der Waals surface area contributed by atoms with Gasteiger partial charge in [-0.1, -0.05) is 32.9 Å². The fourth-order valence-electron chi connectivity index (χ4n) is 2.69. The normalized spacial score (nSPS) is 11.1. The summed E-state index contributed by atoms with van der Waals surface area (Å²) in [6.45, 7) is 9.91. The standard InChI is InChI=1S/C21H26N2O4S/c1-7-27-20(26)16-12(2)15(18(25)22-6)19(28-16)23-17(24)13-8-10-14(11-9-13)21(3,4)5/h8-11H,7H2,1-6H3,(H,22,25)(H,23,24). The van der Waals surface area contributed by atoms with Gasteiger partial charge in [-0.05, 0) is 42.5 Å². The average Bonchev–Trinajstić information content (AvgIpc) is 2.96. The molecule has 1 heterocycles. The monoisotopic (exact) mass is 402 g/mol. The van der Waals surface area contributed by atoms with Crippen LogP contribution in [0.25, 0.3) is 0 Å². The minimum Gasteiger partial charge on any atom is -0.462 e. The lowest BCUT2D eigenvalue weighted by Crippen LogP contribution is -2.21. The van der Waals surface area contributed by atoms with E-state index in [0.717, 1.165) is 16.9 Å². The zero-order valence-electron chi connectivity index (χ0n) is 17.1. The summed E-state index contributed by atoms with van der Waals surface area (Å²) in [6, 6.07) is 7.33. The van der Waals surface area contributed by atoms with Crippen molar-refractivity contribution in [3.8, 4) is 0 Å². The molecule has 2 N–H and O–H groups in total. The Morgan fingerprint density at radius 3 is 2.18 bits per heavy atom. The van der Waals surface area contributed by atoms with Crippen LogP contribution in [0.2, 0.25) is 0 Å².